The van der Waals surface area contributed by atoms with Crippen molar-refractivity contribution in [3.05, 3.63) is 78.5 Å². The van der Waals surface area contributed by atoms with Crippen molar-refractivity contribution in [1.29, 1.82) is 0 Å². The second kappa shape index (κ2) is 11.0. The maximum absolute atomic E-state index is 9.95. The third-order valence-electron chi connectivity index (χ3n) is 7.20. The van der Waals surface area contributed by atoms with E-state index in [4.69, 9.17) is 0 Å². The molecule has 4 aromatic rings. The topological polar surface area (TPSA) is 82.0 Å². The summed E-state index contributed by atoms with van der Waals surface area (Å²) in [5.41, 5.74) is 4.89. The van der Waals surface area contributed by atoms with Crippen LogP contribution >= 0.6 is 0 Å². The molecule has 1 fully saturated rings. The lowest BCUT2D eigenvalue weighted by Crippen LogP contribution is -2.45. The fraction of sp³-hybridized carbons (Fsp3) is 0.407. The van der Waals surface area contributed by atoms with Gasteiger partial charge in [-0.1, -0.05) is 30.3 Å². The number of nitrogens with one attached hydrogen (secondary N) is 2. The molecule has 1 aliphatic rings. The molecule has 34 heavy (non-hydrogen) atoms. The van der Waals surface area contributed by atoms with Gasteiger partial charge in [0.05, 0.1) is 6.61 Å². The van der Waals surface area contributed by atoms with Gasteiger partial charge in [0.2, 0.25) is 0 Å². The number of fused-ring (bicyclic) bond motifs is 1. The molecule has 1 aliphatic heterocycles. The number of nitrogens with zero attached hydrogens (tertiary/aromatic N) is 4. The normalized spacial score (nSPS) is 16.3. The van der Waals surface area contributed by atoms with Gasteiger partial charge in [-0.05, 0) is 80.6 Å². The Balaban J connectivity index is 1.09. The van der Waals surface area contributed by atoms with E-state index in [1.807, 2.05) is 10.6 Å². The van der Waals surface area contributed by atoms with Crippen LogP contribution in [-0.2, 0) is 13.0 Å². The van der Waals surface area contributed by atoms with Gasteiger partial charge < -0.3 is 20.3 Å². The third-order valence-corrected chi connectivity index (χ3v) is 7.20. The summed E-state index contributed by atoms with van der Waals surface area (Å²) in [6.07, 6.45) is 10.1. The molecule has 2 aromatic heterocycles. The molecule has 0 amide bonds. The van der Waals surface area contributed by atoms with Gasteiger partial charge in [0.15, 0.2) is 0 Å². The van der Waals surface area contributed by atoms with Crippen LogP contribution in [0, 0.1) is 5.92 Å². The molecule has 7 nitrogen and oxygen atoms in total. The number of rotatable bonds is 10. The van der Waals surface area contributed by atoms with Crippen molar-refractivity contribution in [3.63, 3.8) is 0 Å². The predicted molar refractivity (Wildman–Crippen MR) is 135 cm³/mol. The summed E-state index contributed by atoms with van der Waals surface area (Å²) in [7, 11) is 0. The number of likely N-dealkylation sites (tertiary alicyclic amines) is 1. The molecule has 7 heteroatoms. The van der Waals surface area contributed by atoms with Crippen molar-refractivity contribution in [1.82, 2.24) is 30.0 Å². The van der Waals surface area contributed by atoms with Crippen LogP contribution in [0.4, 0.5) is 0 Å². The van der Waals surface area contributed by atoms with E-state index in [1.165, 1.54) is 22.0 Å². The third kappa shape index (κ3) is 5.38. The van der Waals surface area contributed by atoms with Gasteiger partial charge in [-0.2, -0.15) is 0 Å². The van der Waals surface area contributed by atoms with Crippen LogP contribution in [0.15, 0.2) is 67.4 Å². The number of aliphatic hydroxyl groups excluding tert-OH is 1. The lowest BCUT2D eigenvalue weighted by atomic mass is 9.89. The molecule has 178 valence electrons. The Labute approximate surface area is 200 Å². The van der Waals surface area contributed by atoms with Gasteiger partial charge in [-0.25, -0.2) is 0 Å². The molecule has 3 N–H and O–H groups in total. The molecule has 0 aliphatic carbocycles. The summed E-state index contributed by atoms with van der Waals surface area (Å²) >= 11 is 0. The number of H-pyrrole nitrogens is 1. The largest absolute Gasteiger partial charge is 0.395 e. The lowest BCUT2D eigenvalue weighted by molar-refractivity contribution is 0.124. The maximum atomic E-state index is 9.95. The number of aliphatic hydroxyl groups is 1. The number of hydrogen-bond donors (Lipinski definition) is 3. The molecule has 1 atom stereocenters. The molecule has 3 heterocycles. The second-order valence-corrected chi connectivity index (χ2v) is 9.35. The van der Waals surface area contributed by atoms with Gasteiger partial charge in [0, 0.05) is 35.4 Å². The first-order valence-electron chi connectivity index (χ1n) is 12.4. The minimum Gasteiger partial charge on any atom is -0.395 e. The summed E-state index contributed by atoms with van der Waals surface area (Å²) in [6, 6.07) is 17.0. The van der Waals surface area contributed by atoms with Gasteiger partial charge in [0.25, 0.3) is 0 Å². The Morgan fingerprint density at radius 1 is 1.06 bits per heavy atom. The van der Waals surface area contributed by atoms with Crippen molar-refractivity contribution in [3.8, 4) is 5.69 Å². The Hall–Kier alpha value is -3.00. The number of piperidine rings is 1. The molecular formula is C27H34N6O. The quantitative estimate of drug-likeness (QED) is 0.339. The van der Waals surface area contributed by atoms with Gasteiger partial charge in [-0.3, -0.25) is 4.57 Å². The second-order valence-electron chi connectivity index (χ2n) is 9.35. The van der Waals surface area contributed by atoms with Gasteiger partial charge >= 0.3 is 0 Å². The summed E-state index contributed by atoms with van der Waals surface area (Å²) in [6.45, 7) is 4.36. The van der Waals surface area contributed by atoms with Crippen LogP contribution in [0.3, 0.4) is 0 Å². The first kappa shape index (κ1) is 22.8. The zero-order valence-electron chi connectivity index (χ0n) is 19.6. The SMILES string of the molecule is OCC(NCc1ccccc1)C1CCN(CCCc2c[nH]c3ccc(-n4cnnc4)cc23)CC1. The highest BCUT2D eigenvalue weighted by Gasteiger charge is 2.25. The highest BCUT2D eigenvalue weighted by Crippen LogP contribution is 2.24. The Morgan fingerprint density at radius 2 is 1.85 bits per heavy atom. The van der Waals surface area contributed by atoms with E-state index >= 15 is 0 Å². The molecule has 0 saturated carbocycles. The summed E-state index contributed by atoms with van der Waals surface area (Å²) in [5.74, 6) is 0.537. The minimum atomic E-state index is 0.175. The van der Waals surface area contributed by atoms with E-state index in [0.717, 1.165) is 57.5 Å². The fourth-order valence-electron chi connectivity index (χ4n) is 5.16. The smallest absolute Gasteiger partial charge is 0.123 e. The van der Waals surface area contributed by atoms with Crippen molar-refractivity contribution < 1.29 is 5.11 Å². The van der Waals surface area contributed by atoms with Crippen molar-refractivity contribution in [2.45, 2.75) is 38.3 Å². The highest BCUT2D eigenvalue weighted by atomic mass is 16.3. The Morgan fingerprint density at radius 3 is 2.62 bits per heavy atom. The van der Waals surface area contributed by atoms with Crippen LogP contribution in [0.2, 0.25) is 0 Å². The number of aryl methyl sites for hydroxylation is 1. The fourth-order valence-corrected chi connectivity index (χ4v) is 5.16. The molecule has 0 radical (unpaired) electrons. The Kier molecular flexibility index (Phi) is 7.34. The average molecular weight is 459 g/mol. The van der Waals surface area contributed by atoms with Gasteiger partial charge in [-0.15, -0.1) is 10.2 Å². The van der Waals surface area contributed by atoms with E-state index in [2.05, 4.69) is 74.1 Å². The van der Waals surface area contributed by atoms with E-state index in [0.29, 0.717) is 5.92 Å². The molecule has 5 rings (SSSR count). The number of benzene rings is 2. The van der Waals surface area contributed by atoms with Crippen LogP contribution in [0.5, 0.6) is 0 Å². The summed E-state index contributed by atoms with van der Waals surface area (Å²) in [4.78, 5) is 6.00. The lowest BCUT2D eigenvalue weighted by Gasteiger charge is -2.36. The van der Waals surface area contributed by atoms with Crippen LogP contribution < -0.4 is 5.32 Å². The van der Waals surface area contributed by atoms with Crippen LogP contribution in [-0.4, -0.2) is 62.0 Å². The zero-order chi connectivity index (χ0) is 23.2. The van der Waals surface area contributed by atoms with Crippen LogP contribution in [0.25, 0.3) is 16.6 Å². The summed E-state index contributed by atoms with van der Waals surface area (Å²) < 4.78 is 1.94. The van der Waals surface area contributed by atoms with Crippen LogP contribution in [0.1, 0.15) is 30.4 Å². The van der Waals surface area contributed by atoms with Crippen molar-refractivity contribution in [2.75, 3.05) is 26.2 Å². The number of aromatic nitrogens is 4. The van der Waals surface area contributed by atoms with E-state index < -0.39 is 0 Å². The average Bonchev–Trinajstić information content (AvgIpc) is 3.56. The van der Waals surface area contributed by atoms with Crippen molar-refractivity contribution >= 4 is 10.9 Å². The monoisotopic (exact) mass is 458 g/mol. The molecular weight excluding hydrogens is 424 g/mol. The standard InChI is InChI=1S/C27H34N6O/c34-18-27(28-16-21-5-2-1-3-6-21)22-10-13-32(14-11-22)12-4-7-23-17-29-26-9-8-24(15-25(23)26)33-19-30-31-20-33/h1-3,5-6,8-9,15,17,19-20,22,27-29,34H,4,7,10-14,16,18H2. The molecule has 1 unspecified atom stereocenters. The maximum Gasteiger partial charge on any atom is 0.123 e. The first-order chi connectivity index (χ1) is 16.8. The number of hydrogen-bond acceptors (Lipinski definition) is 5. The summed E-state index contributed by atoms with van der Waals surface area (Å²) in [5, 5.41) is 22.6. The van der Waals surface area contributed by atoms with E-state index in [-0.39, 0.29) is 12.6 Å². The Bertz CT molecular complexity index is 1150. The molecule has 0 spiro atoms. The molecule has 2 aromatic carbocycles. The first-order valence-corrected chi connectivity index (χ1v) is 12.4. The van der Waals surface area contributed by atoms with E-state index in [9.17, 15) is 5.11 Å². The van der Waals surface area contributed by atoms with Gasteiger partial charge in [0.1, 0.15) is 12.7 Å². The zero-order valence-corrected chi connectivity index (χ0v) is 19.6. The number of aromatic amines is 1. The predicted octanol–water partition coefficient (Wildman–Crippen LogP) is 3.54. The van der Waals surface area contributed by atoms with Crippen molar-refractivity contribution in [2.24, 2.45) is 5.92 Å². The minimum absolute atomic E-state index is 0.175. The van der Waals surface area contributed by atoms with E-state index in [1.54, 1.807) is 12.7 Å². The molecule has 1 saturated heterocycles. The highest BCUT2D eigenvalue weighted by molar-refractivity contribution is 5.85. The molecule has 0 bridgehead atoms.